The van der Waals surface area contributed by atoms with Crippen LogP contribution in [0.4, 0.5) is 5.69 Å². The lowest BCUT2D eigenvalue weighted by atomic mass is 10.0. The van der Waals surface area contributed by atoms with Gasteiger partial charge in [0.25, 0.3) is 11.8 Å². The number of benzene rings is 2. The number of rotatable bonds is 8. The van der Waals surface area contributed by atoms with Crippen LogP contribution >= 0.6 is 0 Å². The highest BCUT2D eigenvalue weighted by molar-refractivity contribution is 6.45. The number of carbonyl (C=O) groups is 2. The Labute approximate surface area is 188 Å². The highest BCUT2D eigenvalue weighted by atomic mass is 16.5. The lowest BCUT2D eigenvalue weighted by molar-refractivity contribution is -0.120. The second-order valence-corrected chi connectivity index (χ2v) is 7.90. The molecule has 4 rings (SSSR count). The van der Waals surface area contributed by atoms with Crippen molar-refractivity contribution in [3.63, 3.8) is 0 Å². The van der Waals surface area contributed by atoms with E-state index in [9.17, 15) is 14.7 Å². The van der Waals surface area contributed by atoms with Gasteiger partial charge in [-0.05, 0) is 24.1 Å². The summed E-state index contributed by atoms with van der Waals surface area (Å²) >= 11 is 0. The van der Waals surface area contributed by atoms with Crippen molar-refractivity contribution in [3.8, 4) is 5.75 Å². The molecule has 168 valence electrons. The monoisotopic (exact) mass is 435 g/mol. The molecule has 0 saturated carbocycles. The van der Waals surface area contributed by atoms with Crippen molar-refractivity contribution >= 4 is 23.1 Å². The van der Waals surface area contributed by atoms with Crippen molar-refractivity contribution in [1.29, 1.82) is 0 Å². The van der Waals surface area contributed by atoms with E-state index in [2.05, 4.69) is 4.90 Å². The Morgan fingerprint density at radius 2 is 1.59 bits per heavy atom. The van der Waals surface area contributed by atoms with Crippen LogP contribution in [-0.2, 0) is 9.59 Å². The normalized spacial score (nSPS) is 17.4. The van der Waals surface area contributed by atoms with Crippen LogP contribution in [0.3, 0.4) is 0 Å². The van der Waals surface area contributed by atoms with Crippen molar-refractivity contribution in [2.75, 3.05) is 50.8 Å². The molecule has 0 unspecified atom stereocenters. The van der Waals surface area contributed by atoms with E-state index >= 15 is 0 Å². The third-order valence-corrected chi connectivity index (χ3v) is 5.79. The van der Waals surface area contributed by atoms with Gasteiger partial charge in [-0.25, -0.2) is 4.90 Å². The molecule has 1 saturated heterocycles. The molecule has 0 radical (unpaired) electrons. The Morgan fingerprint density at radius 3 is 2.28 bits per heavy atom. The fourth-order valence-electron chi connectivity index (χ4n) is 4.21. The fourth-order valence-corrected chi connectivity index (χ4v) is 4.21. The average Bonchev–Trinajstić information content (AvgIpc) is 3.09. The highest BCUT2D eigenvalue weighted by Gasteiger charge is 2.43. The first kappa shape index (κ1) is 22.0. The predicted octanol–water partition coefficient (Wildman–Crippen LogP) is 2.37. The maximum atomic E-state index is 13.7. The number of ether oxygens (including phenoxy) is 1. The Kier molecular flexibility index (Phi) is 6.87. The summed E-state index contributed by atoms with van der Waals surface area (Å²) in [5.74, 6) is -0.129. The number of imide groups is 1. The summed E-state index contributed by atoms with van der Waals surface area (Å²) in [7, 11) is 0. The lowest BCUT2D eigenvalue weighted by Gasteiger charge is -2.36. The van der Waals surface area contributed by atoms with Gasteiger partial charge in [0.1, 0.15) is 11.4 Å². The average molecular weight is 436 g/mol. The molecule has 2 aromatic carbocycles. The molecule has 2 heterocycles. The minimum absolute atomic E-state index is 0.109. The maximum absolute atomic E-state index is 13.7. The maximum Gasteiger partial charge on any atom is 0.282 e. The Bertz CT molecular complexity index is 997. The molecule has 1 N–H and O–H groups in total. The number of aliphatic hydroxyl groups is 1. The van der Waals surface area contributed by atoms with E-state index in [0.717, 1.165) is 25.1 Å². The van der Waals surface area contributed by atoms with Gasteiger partial charge in [-0.3, -0.25) is 14.5 Å². The summed E-state index contributed by atoms with van der Waals surface area (Å²) in [6.45, 7) is 5.92. The number of amides is 2. The second-order valence-electron chi connectivity index (χ2n) is 7.90. The summed E-state index contributed by atoms with van der Waals surface area (Å²) in [4.78, 5) is 32.8. The number of para-hydroxylation sites is 2. The molecular weight excluding hydrogens is 406 g/mol. The number of piperazine rings is 1. The van der Waals surface area contributed by atoms with E-state index < -0.39 is 0 Å². The summed E-state index contributed by atoms with van der Waals surface area (Å²) in [5, 5.41) is 9.23. The van der Waals surface area contributed by atoms with Gasteiger partial charge in [0.05, 0.1) is 24.5 Å². The smallest absolute Gasteiger partial charge is 0.282 e. The minimum atomic E-state index is -0.332. The molecule has 0 bridgehead atoms. The van der Waals surface area contributed by atoms with Gasteiger partial charge in [-0.2, -0.15) is 0 Å². The molecule has 0 atom stereocenters. The topological polar surface area (TPSA) is 73.3 Å². The van der Waals surface area contributed by atoms with Gasteiger partial charge in [0.15, 0.2) is 0 Å². The molecule has 2 amide bonds. The zero-order valence-electron chi connectivity index (χ0n) is 18.4. The standard InChI is InChI=1S/C25H29N3O4/c1-2-18-32-21-11-7-6-10-20(21)28-24(30)22(19-8-4-3-5-9-19)23(25(28)31)27-14-12-26(13-15-27)16-17-29/h3-11,29H,2,12-18H2,1H3. The first-order valence-corrected chi connectivity index (χ1v) is 11.1. The van der Waals surface area contributed by atoms with Crippen molar-refractivity contribution in [2.24, 2.45) is 0 Å². The summed E-state index contributed by atoms with van der Waals surface area (Å²) in [5.41, 5.74) is 2.07. The molecule has 32 heavy (non-hydrogen) atoms. The molecule has 0 spiro atoms. The van der Waals surface area contributed by atoms with Crippen molar-refractivity contribution in [1.82, 2.24) is 9.80 Å². The molecule has 2 aliphatic heterocycles. The van der Waals surface area contributed by atoms with Gasteiger partial charge in [0.2, 0.25) is 0 Å². The van der Waals surface area contributed by atoms with E-state index in [1.807, 2.05) is 54.3 Å². The molecule has 0 aromatic heterocycles. The van der Waals surface area contributed by atoms with Crippen LogP contribution in [0.25, 0.3) is 5.57 Å². The molecule has 0 aliphatic carbocycles. The lowest BCUT2D eigenvalue weighted by Crippen LogP contribution is -2.48. The first-order chi connectivity index (χ1) is 15.7. The van der Waals surface area contributed by atoms with Gasteiger partial charge < -0.3 is 14.7 Å². The Hall–Kier alpha value is -3.16. The van der Waals surface area contributed by atoms with Crippen LogP contribution in [0.1, 0.15) is 18.9 Å². The first-order valence-electron chi connectivity index (χ1n) is 11.1. The number of hydrogen-bond acceptors (Lipinski definition) is 6. The molecule has 1 fully saturated rings. The van der Waals surface area contributed by atoms with Crippen molar-refractivity contribution in [2.45, 2.75) is 13.3 Å². The van der Waals surface area contributed by atoms with Crippen LogP contribution in [0.15, 0.2) is 60.3 Å². The fraction of sp³-hybridized carbons (Fsp3) is 0.360. The zero-order chi connectivity index (χ0) is 22.5. The molecular formula is C25H29N3O4. The van der Waals surface area contributed by atoms with Crippen LogP contribution in [0.5, 0.6) is 5.75 Å². The van der Waals surface area contributed by atoms with Gasteiger partial charge in [-0.1, -0.05) is 49.4 Å². The summed E-state index contributed by atoms with van der Waals surface area (Å²) < 4.78 is 5.85. The summed E-state index contributed by atoms with van der Waals surface area (Å²) in [6.07, 6.45) is 0.826. The van der Waals surface area contributed by atoms with E-state index in [1.165, 1.54) is 4.90 Å². The number of carbonyl (C=O) groups excluding carboxylic acids is 2. The van der Waals surface area contributed by atoms with Crippen molar-refractivity contribution in [3.05, 3.63) is 65.9 Å². The third-order valence-electron chi connectivity index (χ3n) is 5.79. The van der Waals surface area contributed by atoms with Gasteiger partial charge >= 0.3 is 0 Å². The summed E-state index contributed by atoms with van der Waals surface area (Å²) in [6, 6.07) is 16.6. The van der Waals surface area contributed by atoms with Crippen molar-refractivity contribution < 1.29 is 19.4 Å². The van der Waals surface area contributed by atoms with Crippen LogP contribution in [-0.4, -0.2) is 72.7 Å². The van der Waals surface area contributed by atoms with E-state index in [-0.39, 0.29) is 18.4 Å². The Morgan fingerprint density at radius 1 is 0.906 bits per heavy atom. The molecule has 7 heteroatoms. The van der Waals surface area contributed by atoms with Crippen LogP contribution in [0.2, 0.25) is 0 Å². The van der Waals surface area contributed by atoms with Gasteiger partial charge in [0, 0.05) is 32.7 Å². The minimum Gasteiger partial charge on any atom is -0.491 e. The number of β-amino-alcohol motifs (C(OH)–C–C–N with tert-alkyl or cyclic N) is 1. The molecule has 7 nitrogen and oxygen atoms in total. The quantitative estimate of drug-likeness (QED) is 0.642. The highest BCUT2D eigenvalue weighted by Crippen LogP contribution is 2.38. The largest absolute Gasteiger partial charge is 0.491 e. The SMILES string of the molecule is CCCOc1ccccc1N1C(=O)C(c2ccccc2)=C(N2CCN(CCO)CC2)C1=O. The number of nitrogens with zero attached hydrogens (tertiary/aromatic N) is 3. The van der Waals surface area contributed by atoms with E-state index in [1.54, 1.807) is 12.1 Å². The predicted molar refractivity (Wildman–Crippen MR) is 123 cm³/mol. The third kappa shape index (κ3) is 4.26. The van der Waals surface area contributed by atoms with Crippen LogP contribution < -0.4 is 9.64 Å². The second kappa shape index (κ2) is 9.97. The number of hydrogen-bond donors (Lipinski definition) is 1. The molecule has 2 aliphatic rings. The Balaban J connectivity index is 1.72. The molecule has 2 aromatic rings. The van der Waals surface area contributed by atoms with Crippen LogP contribution in [0, 0.1) is 0 Å². The van der Waals surface area contributed by atoms with Gasteiger partial charge in [-0.15, -0.1) is 0 Å². The zero-order valence-corrected chi connectivity index (χ0v) is 18.4. The number of anilines is 1. The number of aliphatic hydroxyl groups excluding tert-OH is 1. The van der Waals surface area contributed by atoms with E-state index in [0.29, 0.717) is 48.9 Å². The van der Waals surface area contributed by atoms with E-state index in [4.69, 9.17) is 4.74 Å².